The van der Waals surface area contributed by atoms with E-state index >= 15 is 0 Å². The van der Waals surface area contributed by atoms with Gasteiger partial charge < -0.3 is 5.32 Å². The normalized spacial score (nSPS) is 37.7. The van der Waals surface area contributed by atoms with Crippen molar-refractivity contribution >= 4 is 0 Å². The topological polar surface area (TPSA) is 12.0 Å². The van der Waals surface area contributed by atoms with Gasteiger partial charge >= 0.3 is 0 Å². The summed E-state index contributed by atoms with van der Waals surface area (Å²) in [6.07, 6.45) is 8.83. The van der Waals surface area contributed by atoms with Crippen LogP contribution in [0.25, 0.3) is 0 Å². The first-order chi connectivity index (χ1) is 8.56. The van der Waals surface area contributed by atoms with Crippen molar-refractivity contribution in [3.05, 3.63) is 0 Å². The van der Waals surface area contributed by atoms with Gasteiger partial charge in [0.2, 0.25) is 0 Å². The van der Waals surface area contributed by atoms with Gasteiger partial charge in [-0.15, -0.1) is 0 Å². The molecule has 18 heavy (non-hydrogen) atoms. The van der Waals surface area contributed by atoms with Crippen molar-refractivity contribution < 1.29 is 0 Å². The van der Waals surface area contributed by atoms with E-state index < -0.39 is 0 Å². The molecule has 0 aromatic carbocycles. The first kappa shape index (κ1) is 14.4. The molecule has 1 aliphatic carbocycles. The number of hydrogen-bond donors (Lipinski definition) is 1. The highest BCUT2D eigenvalue weighted by Gasteiger charge is 2.48. The molecule has 0 aromatic rings. The highest BCUT2D eigenvalue weighted by atomic mass is 14.9. The number of rotatable bonds is 3. The molecule has 0 radical (unpaired) electrons. The first-order valence-corrected chi connectivity index (χ1v) is 8.27. The van der Waals surface area contributed by atoms with Gasteiger partial charge in [-0.1, -0.05) is 40.5 Å². The van der Waals surface area contributed by atoms with Crippen LogP contribution in [0.15, 0.2) is 0 Å². The van der Waals surface area contributed by atoms with Crippen LogP contribution < -0.4 is 5.32 Å². The molecular weight excluding hydrogens is 218 g/mol. The summed E-state index contributed by atoms with van der Waals surface area (Å²) in [5, 5.41) is 3.67. The van der Waals surface area contributed by atoms with E-state index in [1.165, 1.54) is 51.6 Å². The van der Waals surface area contributed by atoms with Gasteiger partial charge in [-0.25, -0.2) is 0 Å². The van der Waals surface area contributed by atoms with Crippen LogP contribution >= 0.6 is 0 Å². The minimum absolute atomic E-state index is 0.682. The van der Waals surface area contributed by atoms with Crippen LogP contribution in [0.4, 0.5) is 0 Å². The van der Waals surface area contributed by atoms with Gasteiger partial charge in [-0.2, -0.15) is 0 Å². The van der Waals surface area contributed by atoms with Gasteiger partial charge in [-0.3, -0.25) is 0 Å². The third-order valence-corrected chi connectivity index (χ3v) is 5.68. The van der Waals surface area contributed by atoms with Crippen molar-refractivity contribution in [1.29, 1.82) is 0 Å². The molecular formula is C17H33N. The van der Waals surface area contributed by atoms with Gasteiger partial charge in [0.25, 0.3) is 0 Å². The summed E-state index contributed by atoms with van der Waals surface area (Å²) in [7, 11) is 0. The zero-order valence-electron chi connectivity index (χ0n) is 13.0. The lowest BCUT2D eigenvalue weighted by Gasteiger charge is -2.54. The van der Waals surface area contributed by atoms with E-state index in [2.05, 4.69) is 33.0 Å². The van der Waals surface area contributed by atoms with Gasteiger partial charge in [0.1, 0.15) is 0 Å². The molecule has 1 saturated carbocycles. The molecule has 1 heterocycles. The zero-order chi connectivity index (χ0) is 13.2. The van der Waals surface area contributed by atoms with Crippen LogP contribution in [-0.4, -0.2) is 13.1 Å². The van der Waals surface area contributed by atoms with Crippen LogP contribution in [0.1, 0.15) is 66.2 Å². The Balaban J connectivity index is 2.20. The van der Waals surface area contributed by atoms with Crippen LogP contribution in [0.5, 0.6) is 0 Å². The smallest absolute Gasteiger partial charge is 0.00150 e. The Labute approximate surface area is 114 Å². The molecule has 1 N–H and O–H groups in total. The van der Waals surface area contributed by atoms with Gasteiger partial charge in [0, 0.05) is 0 Å². The summed E-state index contributed by atoms with van der Waals surface area (Å²) in [5.74, 6) is 3.63. The Bertz CT molecular complexity index is 252. The van der Waals surface area contributed by atoms with E-state index in [4.69, 9.17) is 0 Å². The van der Waals surface area contributed by atoms with E-state index in [-0.39, 0.29) is 0 Å². The average Bonchev–Trinajstić information content (AvgIpc) is 2.32. The lowest BCUT2D eigenvalue weighted by Crippen LogP contribution is -2.52. The molecule has 1 spiro atoms. The van der Waals surface area contributed by atoms with Gasteiger partial charge in [-0.05, 0) is 67.9 Å². The molecule has 0 bridgehead atoms. The summed E-state index contributed by atoms with van der Waals surface area (Å²) < 4.78 is 0. The second-order valence-electron chi connectivity index (χ2n) is 7.61. The quantitative estimate of drug-likeness (QED) is 0.780. The van der Waals surface area contributed by atoms with E-state index in [0.29, 0.717) is 5.41 Å². The molecule has 3 unspecified atom stereocenters. The molecule has 2 fully saturated rings. The second-order valence-corrected chi connectivity index (χ2v) is 7.61. The lowest BCUT2D eigenvalue weighted by molar-refractivity contribution is -0.0340. The fraction of sp³-hybridized carbons (Fsp3) is 1.00. The molecule has 1 saturated heterocycles. The maximum atomic E-state index is 3.67. The summed E-state index contributed by atoms with van der Waals surface area (Å²) in [5.41, 5.74) is 0.682. The van der Waals surface area contributed by atoms with Gasteiger partial charge in [0.15, 0.2) is 0 Å². The third kappa shape index (κ3) is 2.76. The summed E-state index contributed by atoms with van der Waals surface area (Å²) in [6, 6.07) is 0. The zero-order valence-corrected chi connectivity index (χ0v) is 13.0. The second kappa shape index (κ2) is 5.94. The molecule has 0 aromatic heterocycles. The number of piperidine rings is 1. The van der Waals surface area contributed by atoms with E-state index in [0.717, 1.165) is 23.7 Å². The van der Waals surface area contributed by atoms with Crippen molar-refractivity contribution in [2.75, 3.05) is 13.1 Å². The molecule has 2 rings (SSSR count). The number of hydrogen-bond acceptors (Lipinski definition) is 1. The first-order valence-electron chi connectivity index (χ1n) is 8.27. The SMILES string of the molecule is CC(C)CC1CNCCC12CCCCC2C(C)C. The highest BCUT2D eigenvalue weighted by Crippen LogP contribution is 2.54. The van der Waals surface area contributed by atoms with Crippen molar-refractivity contribution in [3.63, 3.8) is 0 Å². The average molecular weight is 251 g/mol. The van der Waals surface area contributed by atoms with Crippen molar-refractivity contribution in [1.82, 2.24) is 5.32 Å². The Morgan fingerprint density at radius 3 is 2.56 bits per heavy atom. The minimum atomic E-state index is 0.682. The Hall–Kier alpha value is -0.0400. The Morgan fingerprint density at radius 2 is 1.89 bits per heavy atom. The number of nitrogens with one attached hydrogen (secondary N) is 1. The van der Waals surface area contributed by atoms with Crippen LogP contribution in [0.3, 0.4) is 0 Å². The summed E-state index contributed by atoms with van der Waals surface area (Å²) >= 11 is 0. The van der Waals surface area contributed by atoms with Crippen molar-refractivity contribution in [2.45, 2.75) is 66.2 Å². The molecule has 3 atom stereocenters. The molecule has 2 aliphatic rings. The third-order valence-electron chi connectivity index (χ3n) is 5.68. The predicted octanol–water partition coefficient (Wildman–Crippen LogP) is 4.47. The Kier molecular flexibility index (Phi) is 4.75. The van der Waals surface area contributed by atoms with E-state index in [1.807, 2.05) is 0 Å². The Morgan fingerprint density at radius 1 is 1.11 bits per heavy atom. The molecule has 106 valence electrons. The fourth-order valence-corrected chi connectivity index (χ4v) is 5.00. The van der Waals surface area contributed by atoms with Crippen LogP contribution in [-0.2, 0) is 0 Å². The van der Waals surface area contributed by atoms with E-state index in [1.54, 1.807) is 0 Å². The van der Waals surface area contributed by atoms with E-state index in [9.17, 15) is 0 Å². The monoisotopic (exact) mass is 251 g/mol. The molecule has 0 amide bonds. The van der Waals surface area contributed by atoms with Crippen molar-refractivity contribution in [2.24, 2.45) is 29.1 Å². The van der Waals surface area contributed by atoms with Crippen LogP contribution in [0, 0.1) is 29.1 Å². The molecule has 1 aliphatic heterocycles. The maximum Gasteiger partial charge on any atom is -0.00150 e. The highest BCUT2D eigenvalue weighted by molar-refractivity contribution is 4.99. The predicted molar refractivity (Wildman–Crippen MR) is 79.7 cm³/mol. The van der Waals surface area contributed by atoms with Gasteiger partial charge in [0.05, 0.1) is 0 Å². The summed E-state index contributed by atoms with van der Waals surface area (Å²) in [4.78, 5) is 0. The fourth-order valence-electron chi connectivity index (χ4n) is 5.00. The summed E-state index contributed by atoms with van der Waals surface area (Å²) in [6.45, 7) is 12.3. The largest absolute Gasteiger partial charge is 0.316 e. The molecule has 1 nitrogen and oxygen atoms in total. The lowest BCUT2D eigenvalue weighted by atomic mass is 9.53. The van der Waals surface area contributed by atoms with Crippen molar-refractivity contribution in [3.8, 4) is 0 Å². The van der Waals surface area contributed by atoms with Crippen LogP contribution in [0.2, 0.25) is 0 Å². The molecule has 1 heteroatoms. The minimum Gasteiger partial charge on any atom is -0.316 e. The standard InChI is InChI=1S/C17H33N/c1-13(2)11-15-12-18-10-9-17(15)8-6-5-7-16(17)14(3)4/h13-16,18H,5-12H2,1-4H3. The maximum absolute atomic E-state index is 3.67.